The predicted octanol–water partition coefficient (Wildman–Crippen LogP) is 4.65. The number of hydrogen-bond acceptors (Lipinski definition) is 6. The number of methoxy groups -OCH3 is 2. The molecule has 32 heavy (non-hydrogen) atoms. The van der Waals surface area contributed by atoms with Crippen LogP contribution >= 0.6 is 0 Å². The summed E-state index contributed by atoms with van der Waals surface area (Å²) < 4.78 is 31.6. The van der Waals surface area contributed by atoms with Crippen LogP contribution in [-0.2, 0) is 22.5 Å². The second-order valence-electron chi connectivity index (χ2n) is 8.70. The van der Waals surface area contributed by atoms with Crippen LogP contribution in [0.25, 0.3) is 0 Å². The van der Waals surface area contributed by atoms with Gasteiger partial charge >= 0.3 is 0 Å². The van der Waals surface area contributed by atoms with Crippen LogP contribution in [0.3, 0.4) is 0 Å². The van der Waals surface area contributed by atoms with E-state index in [9.17, 15) is 9.18 Å². The van der Waals surface area contributed by atoms with E-state index in [4.69, 9.17) is 14.2 Å². The van der Waals surface area contributed by atoms with Gasteiger partial charge in [0.15, 0.2) is 6.29 Å². The Hall–Kier alpha value is -3.22. The number of carbonyl (C=O) groups excluding carboxylic acids is 1. The van der Waals surface area contributed by atoms with Crippen LogP contribution in [0.5, 0.6) is 5.75 Å². The third kappa shape index (κ3) is 5.33. The average molecular weight is 441 g/mol. The van der Waals surface area contributed by atoms with Crippen molar-refractivity contribution in [2.75, 3.05) is 14.2 Å². The summed E-state index contributed by atoms with van der Waals surface area (Å²) in [5, 5.41) is 0. The number of nitrogens with zero attached hydrogens (tertiary/aromatic N) is 2. The first-order valence-corrected chi connectivity index (χ1v) is 10.4. The SMILES string of the molecule is COC1=N[C@@H](Cc2cc(C=O)c(OCc3ccccc3)cc2F)C(OC)=NC1C(C)(C)C. The fourth-order valence-corrected chi connectivity index (χ4v) is 3.53. The topological polar surface area (TPSA) is 69.5 Å². The van der Waals surface area contributed by atoms with Gasteiger partial charge in [-0.05, 0) is 22.6 Å². The zero-order chi connectivity index (χ0) is 23.3. The molecule has 0 saturated carbocycles. The summed E-state index contributed by atoms with van der Waals surface area (Å²) in [5.74, 6) is 0.591. The summed E-state index contributed by atoms with van der Waals surface area (Å²) in [5.41, 5.74) is 1.29. The molecule has 2 aromatic rings. The summed E-state index contributed by atoms with van der Waals surface area (Å²) in [7, 11) is 3.07. The second-order valence-corrected chi connectivity index (χ2v) is 8.70. The third-order valence-corrected chi connectivity index (χ3v) is 5.25. The van der Waals surface area contributed by atoms with Gasteiger partial charge in [-0.2, -0.15) is 0 Å². The van der Waals surface area contributed by atoms with Crippen LogP contribution in [0, 0.1) is 11.2 Å². The molecule has 7 heteroatoms. The molecular formula is C25H29FN2O4. The number of benzene rings is 2. The van der Waals surface area contributed by atoms with Crippen LogP contribution < -0.4 is 4.74 Å². The van der Waals surface area contributed by atoms with Gasteiger partial charge in [-0.15, -0.1) is 0 Å². The third-order valence-electron chi connectivity index (χ3n) is 5.25. The van der Waals surface area contributed by atoms with Crippen molar-refractivity contribution in [1.82, 2.24) is 0 Å². The molecule has 0 N–H and O–H groups in total. The van der Waals surface area contributed by atoms with Crippen LogP contribution in [0.1, 0.15) is 42.3 Å². The molecule has 0 fully saturated rings. The smallest absolute Gasteiger partial charge is 0.210 e. The zero-order valence-electron chi connectivity index (χ0n) is 19.1. The molecule has 0 aromatic heterocycles. The summed E-state index contributed by atoms with van der Waals surface area (Å²) in [6.45, 7) is 6.34. The quantitative estimate of drug-likeness (QED) is 0.614. The second kappa shape index (κ2) is 9.94. The minimum atomic E-state index is -0.557. The minimum Gasteiger partial charge on any atom is -0.488 e. The lowest BCUT2D eigenvalue weighted by molar-refractivity contribution is 0.111. The van der Waals surface area contributed by atoms with E-state index in [0.29, 0.717) is 23.6 Å². The Balaban J connectivity index is 1.85. The van der Waals surface area contributed by atoms with E-state index in [2.05, 4.69) is 9.98 Å². The highest BCUT2D eigenvalue weighted by Gasteiger charge is 2.36. The van der Waals surface area contributed by atoms with E-state index in [1.807, 2.05) is 51.1 Å². The van der Waals surface area contributed by atoms with E-state index in [-0.39, 0.29) is 35.8 Å². The Morgan fingerprint density at radius 3 is 2.31 bits per heavy atom. The van der Waals surface area contributed by atoms with Crippen LogP contribution in [0.15, 0.2) is 52.4 Å². The Bertz CT molecular complexity index is 1010. The van der Waals surface area contributed by atoms with E-state index in [0.717, 1.165) is 5.56 Å². The monoisotopic (exact) mass is 440 g/mol. The number of ether oxygens (including phenoxy) is 3. The molecule has 170 valence electrons. The summed E-state index contributed by atoms with van der Waals surface area (Å²) in [4.78, 5) is 21.0. The van der Waals surface area contributed by atoms with Crippen LogP contribution in [0.2, 0.25) is 0 Å². The van der Waals surface area contributed by atoms with Crippen molar-refractivity contribution in [3.63, 3.8) is 0 Å². The lowest BCUT2D eigenvalue weighted by Gasteiger charge is -2.32. The fraction of sp³-hybridized carbons (Fsp3) is 0.400. The molecule has 6 nitrogen and oxygen atoms in total. The van der Waals surface area contributed by atoms with E-state index >= 15 is 0 Å². The zero-order valence-corrected chi connectivity index (χ0v) is 19.1. The van der Waals surface area contributed by atoms with Crippen LogP contribution in [-0.4, -0.2) is 44.4 Å². The number of aliphatic imine (C=N–C) groups is 2. The van der Waals surface area contributed by atoms with Crippen molar-refractivity contribution in [1.29, 1.82) is 0 Å². The van der Waals surface area contributed by atoms with Gasteiger partial charge in [0.25, 0.3) is 0 Å². The highest BCUT2D eigenvalue weighted by atomic mass is 19.1. The molecule has 0 spiro atoms. The number of hydrogen-bond donors (Lipinski definition) is 0. The van der Waals surface area contributed by atoms with Gasteiger partial charge in [0, 0.05) is 12.5 Å². The van der Waals surface area contributed by atoms with Gasteiger partial charge in [-0.3, -0.25) is 4.79 Å². The fourth-order valence-electron chi connectivity index (χ4n) is 3.53. The maximum Gasteiger partial charge on any atom is 0.210 e. The highest BCUT2D eigenvalue weighted by Crippen LogP contribution is 2.29. The normalized spacial score (nSPS) is 18.4. The first-order chi connectivity index (χ1) is 15.3. The van der Waals surface area contributed by atoms with Crippen molar-refractivity contribution < 1.29 is 23.4 Å². The number of aldehydes is 1. The van der Waals surface area contributed by atoms with Gasteiger partial charge in [0.05, 0.1) is 19.8 Å². The Labute approximate surface area is 188 Å². The molecule has 0 amide bonds. The van der Waals surface area contributed by atoms with Gasteiger partial charge in [-0.1, -0.05) is 51.1 Å². The standard InChI is InChI=1S/C25H29FN2O4/c1-25(2,3)22-24(31-5)27-20(23(28-22)30-4)12-17-11-18(14-29)21(13-19(17)26)32-15-16-9-7-6-8-10-16/h6-11,13-14,20,22H,12,15H2,1-5H3/t20-,22?/m0/s1. The maximum absolute atomic E-state index is 15.0. The lowest BCUT2D eigenvalue weighted by Crippen LogP contribution is -2.42. The molecule has 2 aromatic carbocycles. The van der Waals surface area contributed by atoms with Gasteiger partial charge in [-0.25, -0.2) is 14.4 Å². The highest BCUT2D eigenvalue weighted by molar-refractivity contribution is 5.94. The van der Waals surface area contributed by atoms with E-state index in [1.165, 1.54) is 19.2 Å². The average Bonchev–Trinajstić information content (AvgIpc) is 2.78. The van der Waals surface area contributed by atoms with Crippen LogP contribution in [0.4, 0.5) is 4.39 Å². The van der Waals surface area contributed by atoms with Crippen molar-refractivity contribution in [3.05, 3.63) is 65.0 Å². The Kier molecular flexibility index (Phi) is 7.28. The molecule has 0 aliphatic carbocycles. The van der Waals surface area contributed by atoms with Crippen molar-refractivity contribution in [2.24, 2.45) is 15.4 Å². The Morgan fingerprint density at radius 1 is 1.03 bits per heavy atom. The van der Waals surface area contributed by atoms with E-state index < -0.39 is 11.9 Å². The molecular weight excluding hydrogens is 411 g/mol. The molecule has 1 aliphatic rings. The minimum absolute atomic E-state index is 0.169. The Morgan fingerprint density at radius 2 is 1.72 bits per heavy atom. The molecule has 1 aliphatic heterocycles. The number of rotatable bonds is 6. The van der Waals surface area contributed by atoms with E-state index in [1.54, 1.807) is 7.11 Å². The lowest BCUT2D eigenvalue weighted by atomic mass is 9.86. The largest absolute Gasteiger partial charge is 0.488 e. The van der Waals surface area contributed by atoms with Gasteiger partial charge < -0.3 is 14.2 Å². The first-order valence-electron chi connectivity index (χ1n) is 10.4. The molecule has 0 radical (unpaired) electrons. The molecule has 1 unspecified atom stereocenters. The molecule has 0 saturated heterocycles. The number of halogens is 1. The first kappa shape index (κ1) is 23.4. The molecule has 1 heterocycles. The number of carbonyl (C=O) groups is 1. The summed E-state index contributed by atoms with van der Waals surface area (Å²) in [6, 6.07) is 11.4. The predicted molar refractivity (Wildman–Crippen MR) is 122 cm³/mol. The van der Waals surface area contributed by atoms with Crippen molar-refractivity contribution >= 4 is 18.1 Å². The summed E-state index contributed by atoms with van der Waals surface area (Å²) in [6.07, 6.45) is 0.830. The van der Waals surface area contributed by atoms with Gasteiger partial charge in [0.1, 0.15) is 30.3 Å². The molecule has 0 bridgehead atoms. The maximum atomic E-state index is 15.0. The van der Waals surface area contributed by atoms with Crippen molar-refractivity contribution in [2.45, 2.75) is 45.9 Å². The summed E-state index contributed by atoms with van der Waals surface area (Å²) >= 11 is 0. The van der Waals surface area contributed by atoms with Gasteiger partial charge in [0.2, 0.25) is 11.8 Å². The van der Waals surface area contributed by atoms with Crippen molar-refractivity contribution in [3.8, 4) is 5.75 Å². The molecule has 3 rings (SSSR count). The molecule has 2 atom stereocenters.